The molecule has 2 heterocycles. The van der Waals surface area contributed by atoms with Crippen molar-refractivity contribution in [3.05, 3.63) is 21.9 Å². The van der Waals surface area contributed by atoms with E-state index in [0.717, 1.165) is 18.7 Å². The lowest BCUT2D eigenvalue weighted by molar-refractivity contribution is 0.253. The summed E-state index contributed by atoms with van der Waals surface area (Å²) in [6.07, 6.45) is 2.73. The van der Waals surface area contributed by atoms with Gasteiger partial charge in [-0.25, -0.2) is 0 Å². The summed E-state index contributed by atoms with van der Waals surface area (Å²) in [5.41, 5.74) is 1.02. The average Bonchev–Trinajstić information content (AvgIpc) is 3.05. The molecule has 1 aromatic rings. The van der Waals surface area contributed by atoms with Crippen molar-refractivity contribution < 1.29 is 5.11 Å². The van der Waals surface area contributed by atoms with Gasteiger partial charge in [0, 0.05) is 35.5 Å². The molecule has 0 amide bonds. The van der Waals surface area contributed by atoms with Crippen LogP contribution in [0.4, 0.5) is 0 Å². The predicted octanol–water partition coefficient (Wildman–Crippen LogP) is 1.62. The third-order valence-corrected chi connectivity index (χ3v) is 4.31. The minimum absolute atomic E-state index is 0.0685. The van der Waals surface area contributed by atoms with Gasteiger partial charge in [0.05, 0.1) is 0 Å². The first-order valence-corrected chi connectivity index (χ1v) is 7.74. The van der Waals surface area contributed by atoms with Gasteiger partial charge in [0.1, 0.15) is 6.61 Å². The fourth-order valence-electron chi connectivity index (χ4n) is 2.33. The molecule has 0 saturated carbocycles. The Morgan fingerprint density at radius 1 is 1.42 bits per heavy atom. The first-order chi connectivity index (χ1) is 9.28. The van der Waals surface area contributed by atoms with Crippen molar-refractivity contribution >= 4 is 11.3 Å². The van der Waals surface area contributed by atoms with Gasteiger partial charge in [0.2, 0.25) is 0 Å². The van der Waals surface area contributed by atoms with E-state index in [0.29, 0.717) is 0 Å². The second-order valence-corrected chi connectivity index (χ2v) is 6.04. The van der Waals surface area contributed by atoms with Gasteiger partial charge >= 0.3 is 0 Å². The highest BCUT2D eigenvalue weighted by Gasteiger charge is 2.12. The van der Waals surface area contributed by atoms with E-state index in [1.54, 1.807) is 11.3 Å². The van der Waals surface area contributed by atoms with Crippen LogP contribution >= 0.6 is 11.3 Å². The van der Waals surface area contributed by atoms with E-state index in [-0.39, 0.29) is 6.61 Å². The molecule has 1 aliphatic heterocycles. The molecular weight excluding hydrogens is 256 g/mol. The zero-order chi connectivity index (χ0) is 13.5. The quantitative estimate of drug-likeness (QED) is 0.829. The number of hydrogen-bond acceptors (Lipinski definition) is 4. The van der Waals surface area contributed by atoms with Crippen LogP contribution < -0.4 is 0 Å². The standard InChI is InChI=1S/C15H22N2OS/c1-16(8-9-17-6-2-3-7-17)12-15-11-14(13-19-15)5-4-10-18/h11,13,18H,2-3,6-10,12H2,1H3. The molecule has 0 unspecified atom stereocenters. The SMILES string of the molecule is CN(CCN1CCCC1)Cc1cc(C#CCO)cs1. The van der Waals surface area contributed by atoms with Crippen LogP contribution in [0.1, 0.15) is 23.3 Å². The molecule has 1 aromatic heterocycles. The highest BCUT2D eigenvalue weighted by atomic mass is 32.1. The third kappa shape index (κ3) is 4.96. The normalized spacial score (nSPS) is 15.7. The Hall–Kier alpha value is -0.860. The van der Waals surface area contributed by atoms with Crippen LogP contribution in [-0.4, -0.2) is 54.7 Å². The third-order valence-electron chi connectivity index (χ3n) is 3.39. The van der Waals surface area contributed by atoms with Gasteiger partial charge in [-0.2, -0.15) is 0 Å². The van der Waals surface area contributed by atoms with Crippen molar-refractivity contribution in [1.29, 1.82) is 0 Å². The van der Waals surface area contributed by atoms with E-state index < -0.39 is 0 Å². The first-order valence-electron chi connectivity index (χ1n) is 6.86. The van der Waals surface area contributed by atoms with Crippen molar-refractivity contribution in [2.75, 3.05) is 39.8 Å². The maximum Gasteiger partial charge on any atom is 0.104 e. The molecule has 1 fully saturated rings. The maximum absolute atomic E-state index is 8.67. The van der Waals surface area contributed by atoms with E-state index >= 15 is 0 Å². The van der Waals surface area contributed by atoms with E-state index in [2.05, 4.69) is 40.1 Å². The molecule has 0 spiro atoms. The fraction of sp³-hybridized carbons (Fsp3) is 0.600. The van der Waals surface area contributed by atoms with Crippen LogP contribution in [0.3, 0.4) is 0 Å². The Kier molecular flexibility index (Phi) is 5.87. The second kappa shape index (κ2) is 7.66. The van der Waals surface area contributed by atoms with Gasteiger partial charge in [0.25, 0.3) is 0 Å². The Labute approximate surface area is 119 Å². The Morgan fingerprint density at radius 2 is 2.21 bits per heavy atom. The summed E-state index contributed by atoms with van der Waals surface area (Å²) in [4.78, 5) is 6.25. The van der Waals surface area contributed by atoms with Crippen molar-refractivity contribution in [2.45, 2.75) is 19.4 Å². The smallest absolute Gasteiger partial charge is 0.104 e. The van der Waals surface area contributed by atoms with Crippen molar-refractivity contribution in [1.82, 2.24) is 9.80 Å². The number of likely N-dealkylation sites (tertiary alicyclic amines) is 1. The van der Waals surface area contributed by atoms with Crippen molar-refractivity contribution in [3.63, 3.8) is 0 Å². The minimum Gasteiger partial charge on any atom is -0.384 e. The number of hydrogen-bond donors (Lipinski definition) is 1. The van der Waals surface area contributed by atoms with Crippen LogP contribution in [-0.2, 0) is 6.54 Å². The second-order valence-electron chi connectivity index (χ2n) is 5.05. The highest BCUT2D eigenvalue weighted by molar-refractivity contribution is 7.10. The minimum atomic E-state index is -0.0685. The lowest BCUT2D eigenvalue weighted by Gasteiger charge is -2.20. The summed E-state index contributed by atoms with van der Waals surface area (Å²) in [6, 6.07) is 2.12. The maximum atomic E-state index is 8.67. The Bertz CT molecular complexity index is 440. The molecule has 0 radical (unpaired) electrons. The zero-order valence-electron chi connectivity index (χ0n) is 11.6. The predicted molar refractivity (Wildman–Crippen MR) is 80.3 cm³/mol. The topological polar surface area (TPSA) is 26.7 Å². The molecular formula is C15H22N2OS. The Balaban J connectivity index is 1.74. The van der Waals surface area contributed by atoms with Crippen LogP contribution in [0.15, 0.2) is 11.4 Å². The van der Waals surface area contributed by atoms with E-state index in [1.807, 2.05) is 0 Å². The molecule has 19 heavy (non-hydrogen) atoms. The lowest BCUT2D eigenvalue weighted by atomic mass is 10.3. The first kappa shape index (κ1) is 14.5. The molecule has 2 rings (SSSR count). The van der Waals surface area contributed by atoms with Gasteiger partial charge in [-0.05, 0) is 39.0 Å². The molecule has 0 bridgehead atoms. The van der Waals surface area contributed by atoms with E-state index in [1.165, 1.54) is 37.4 Å². The molecule has 1 aliphatic rings. The number of nitrogens with zero attached hydrogens (tertiary/aromatic N) is 2. The number of rotatable bonds is 5. The van der Waals surface area contributed by atoms with Crippen molar-refractivity contribution in [2.24, 2.45) is 0 Å². The van der Waals surface area contributed by atoms with Gasteiger partial charge in [-0.3, -0.25) is 0 Å². The largest absolute Gasteiger partial charge is 0.384 e. The number of aliphatic hydroxyl groups excluding tert-OH is 1. The van der Waals surface area contributed by atoms with E-state index in [4.69, 9.17) is 5.11 Å². The molecule has 0 aromatic carbocycles. The molecule has 0 atom stereocenters. The summed E-state index contributed by atoms with van der Waals surface area (Å²) < 4.78 is 0. The number of thiophene rings is 1. The monoisotopic (exact) mass is 278 g/mol. The average molecular weight is 278 g/mol. The summed E-state index contributed by atoms with van der Waals surface area (Å²) in [5, 5.41) is 10.7. The van der Waals surface area contributed by atoms with E-state index in [9.17, 15) is 0 Å². The van der Waals surface area contributed by atoms with Gasteiger partial charge in [-0.1, -0.05) is 11.8 Å². The zero-order valence-corrected chi connectivity index (χ0v) is 12.4. The molecule has 0 aliphatic carbocycles. The van der Waals surface area contributed by atoms with Gasteiger partial charge < -0.3 is 14.9 Å². The van der Waals surface area contributed by atoms with Crippen LogP contribution in [0.25, 0.3) is 0 Å². The molecule has 1 saturated heterocycles. The molecule has 104 valence electrons. The summed E-state index contributed by atoms with van der Waals surface area (Å²) in [5.74, 6) is 5.63. The summed E-state index contributed by atoms with van der Waals surface area (Å²) in [7, 11) is 2.18. The molecule has 1 N–H and O–H groups in total. The van der Waals surface area contributed by atoms with Gasteiger partial charge in [0.15, 0.2) is 0 Å². The van der Waals surface area contributed by atoms with Crippen LogP contribution in [0.5, 0.6) is 0 Å². The molecule has 3 nitrogen and oxygen atoms in total. The fourth-order valence-corrected chi connectivity index (χ4v) is 3.23. The Morgan fingerprint density at radius 3 is 2.95 bits per heavy atom. The van der Waals surface area contributed by atoms with Crippen LogP contribution in [0, 0.1) is 11.8 Å². The lowest BCUT2D eigenvalue weighted by Crippen LogP contribution is -2.30. The highest BCUT2D eigenvalue weighted by Crippen LogP contribution is 2.15. The van der Waals surface area contributed by atoms with Gasteiger partial charge in [-0.15, -0.1) is 11.3 Å². The number of likely N-dealkylation sites (N-methyl/N-ethyl adjacent to an activating group) is 1. The van der Waals surface area contributed by atoms with Crippen molar-refractivity contribution in [3.8, 4) is 11.8 Å². The van der Waals surface area contributed by atoms with Crippen LogP contribution in [0.2, 0.25) is 0 Å². The summed E-state index contributed by atoms with van der Waals surface area (Å²) >= 11 is 1.75. The number of aliphatic hydroxyl groups is 1. The summed E-state index contributed by atoms with van der Waals surface area (Å²) in [6.45, 7) is 5.76. The molecule has 4 heteroatoms.